The maximum atomic E-state index is 11.8. The zero-order valence-electron chi connectivity index (χ0n) is 10.0. The highest BCUT2D eigenvalue weighted by atomic mass is 35.5. The first-order chi connectivity index (χ1) is 7.97. The largest absolute Gasteiger partial charge is 0.479 e. The lowest BCUT2D eigenvalue weighted by atomic mass is 10.3. The summed E-state index contributed by atoms with van der Waals surface area (Å²) in [7, 11) is 1.72. The highest BCUT2D eigenvalue weighted by Gasteiger charge is 2.19. The summed E-state index contributed by atoms with van der Waals surface area (Å²) in [5.41, 5.74) is 0. The van der Waals surface area contributed by atoms with Crippen molar-refractivity contribution in [3.05, 3.63) is 28.2 Å². The van der Waals surface area contributed by atoms with Crippen LogP contribution in [-0.4, -0.2) is 30.5 Å². The Morgan fingerprint density at radius 3 is 2.71 bits per heavy atom. The van der Waals surface area contributed by atoms with Crippen LogP contribution in [0.15, 0.2) is 18.2 Å². The number of nitrogens with zero attached hydrogens (tertiary/aromatic N) is 1. The maximum absolute atomic E-state index is 11.8. The van der Waals surface area contributed by atoms with Gasteiger partial charge in [0.1, 0.15) is 10.8 Å². The predicted octanol–water partition coefficient (Wildman–Crippen LogP) is 3.24. The third-order valence-corrected chi connectivity index (χ3v) is 3.22. The number of hydrogen-bond acceptors (Lipinski definition) is 2. The Balaban J connectivity index is 2.78. The fraction of sp³-hybridized carbons (Fsp3) is 0.417. The van der Waals surface area contributed by atoms with E-state index in [0.29, 0.717) is 22.3 Å². The molecule has 1 aromatic carbocycles. The number of likely N-dealkylation sites (N-methyl/N-ethyl adjacent to an activating group) is 1. The van der Waals surface area contributed by atoms with E-state index in [9.17, 15) is 4.79 Å². The summed E-state index contributed by atoms with van der Waals surface area (Å²) in [4.78, 5) is 13.4. The monoisotopic (exact) mass is 275 g/mol. The number of rotatable bonds is 4. The highest BCUT2D eigenvalue weighted by molar-refractivity contribution is 6.42. The van der Waals surface area contributed by atoms with Gasteiger partial charge in [0.05, 0.1) is 5.02 Å². The number of amides is 1. The molecular weight excluding hydrogens is 261 g/mol. The van der Waals surface area contributed by atoms with Crippen molar-refractivity contribution < 1.29 is 9.53 Å². The van der Waals surface area contributed by atoms with Crippen molar-refractivity contribution in [3.63, 3.8) is 0 Å². The Morgan fingerprint density at radius 1 is 1.47 bits per heavy atom. The Hall–Kier alpha value is -0.930. The minimum atomic E-state index is -0.587. The molecule has 0 radical (unpaired) electrons. The lowest BCUT2D eigenvalue weighted by Crippen LogP contribution is -2.37. The second-order valence-corrected chi connectivity index (χ2v) is 4.45. The van der Waals surface area contributed by atoms with Crippen molar-refractivity contribution in [3.8, 4) is 5.75 Å². The Kier molecular flexibility index (Phi) is 5.09. The lowest BCUT2D eigenvalue weighted by Gasteiger charge is -2.21. The van der Waals surface area contributed by atoms with Crippen molar-refractivity contribution in [1.29, 1.82) is 0 Å². The number of benzene rings is 1. The quantitative estimate of drug-likeness (QED) is 0.844. The summed E-state index contributed by atoms with van der Waals surface area (Å²) in [6, 6.07) is 5.08. The number of carbonyl (C=O) groups is 1. The molecule has 1 amide bonds. The van der Waals surface area contributed by atoms with E-state index in [2.05, 4.69) is 0 Å². The molecule has 0 heterocycles. The van der Waals surface area contributed by atoms with Gasteiger partial charge in [-0.1, -0.05) is 29.3 Å². The van der Waals surface area contributed by atoms with Gasteiger partial charge in [0.15, 0.2) is 6.10 Å². The molecule has 0 aromatic heterocycles. The molecule has 0 aliphatic carbocycles. The average molecular weight is 276 g/mol. The Labute approximate surface area is 111 Å². The number of halogens is 2. The third kappa shape index (κ3) is 3.51. The first kappa shape index (κ1) is 14.1. The number of hydrogen-bond donors (Lipinski definition) is 0. The zero-order valence-corrected chi connectivity index (χ0v) is 11.5. The van der Waals surface area contributed by atoms with Crippen molar-refractivity contribution >= 4 is 29.1 Å². The summed E-state index contributed by atoms with van der Waals surface area (Å²) in [5, 5.41) is 0.737. The molecule has 0 N–H and O–H groups in total. The molecule has 0 fully saturated rings. The molecule has 1 unspecified atom stereocenters. The summed E-state index contributed by atoms with van der Waals surface area (Å²) >= 11 is 11.8. The van der Waals surface area contributed by atoms with Crippen LogP contribution >= 0.6 is 23.2 Å². The minimum Gasteiger partial charge on any atom is -0.479 e. The van der Waals surface area contributed by atoms with E-state index in [1.807, 2.05) is 6.92 Å². The maximum Gasteiger partial charge on any atom is 0.263 e. The van der Waals surface area contributed by atoms with Crippen molar-refractivity contribution in [2.45, 2.75) is 20.0 Å². The van der Waals surface area contributed by atoms with E-state index < -0.39 is 6.10 Å². The molecular formula is C12H15Cl2NO2. The third-order valence-electron chi connectivity index (χ3n) is 2.42. The second kappa shape index (κ2) is 6.12. The van der Waals surface area contributed by atoms with Crippen molar-refractivity contribution in [1.82, 2.24) is 4.90 Å². The van der Waals surface area contributed by atoms with Gasteiger partial charge in [-0.2, -0.15) is 0 Å². The van der Waals surface area contributed by atoms with Gasteiger partial charge in [-0.15, -0.1) is 0 Å². The molecule has 17 heavy (non-hydrogen) atoms. The minimum absolute atomic E-state index is 0.0939. The SMILES string of the molecule is CCN(C)C(=O)C(C)Oc1cccc(Cl)c1Cl. The molecule has 3 nitrogen and oxygen atoms in total. The van der Waals surface area contributed by atoms with Crippen molar-refractivity contribution in [2.75, 3.05) is 13.6 Å². The van der Waals surface area contributed by atoms with Crippen LogP contribution in [-0.2, 0) is 4.79 Å². The van der Waals surface area contributed by atoms with Gasteiger partial charge >= 0.3 is 0 Å². The van der Waals surface area contributed by atoms with Gasteiger partial charge in [-0.25, -0.2) is 0 Å². The average Bonchev–Trinajstić information content (AvgIpc) is 2.32. The highest BCUT2D eigenvalue weighted by Crippen LogP contribution is 2.32. The van der Waals surface area contributed by atoms with Gasteiger partial charge in [-0.05, 0) is 26.0 Å². The van der Waals surface area contributed by atoms with Gasteiger partial charge in [0.2, 0.25) is 0 Å². The van der Waals surface area contributed by atoms with Crippen LogP contribution in [0.3, 0.4) is 0 Å². The zero-order chi connectivity index (χ0) is 13.0. The van der Waals surface area contributed by atoms with E-state index in [4.69, 9.17) is 27.9 Å². The lowest BCUT2D eigenvalue weighted by molar-refractivity contribution is -0.136. The van der Waals surface area contributed by atoms with E-state index >= 15 is 0 Å². The molecule has 1 rings (SSSR count). The Bertz CT molecular complexity index is 409. The predicted molar refractivity (Wildman–Crippen MR) is 69.9 cm³/mol. The molecule has 0 spiro atoms. The number of ether oxygens (including phenoxy) is 1. The smallest absolute Gasteiger partial charge is 0.263 e. The van der Waals surface area contributed by atoms with Crippen LogP contribution in [0.1, 0.15) is 13.8 Å². The molecule has 0 saturated carbocycles. The summed E-state index contributed by atoms with van der Waals surface area (Å²) in [6.07, 6.45) is -0.587. The topological polar surface area (TPSA) is 29.5 Å². The molecule has 1 aromatic rings. The van der Waals surface area contributed by atoms with Crippen LogP contribution in [0.25, 0.3) is 0 Å². The van der Waals surface area contributed by atoms with E-state index in [0.717, 1.165) is 0 Å². The van der Waals surface area contributed by atoms with Gasteiger partial charge in [0, 0.05) is 13.6 Å². The molecule has 0 bridgehead atoms. The number of carbonyl (C=O) groups excluding carboxylic acids is 1. The molecule has 0 saturated heterocycles. The molecule has 0 aliphatic heterocycles. The standard InChI is InChI=1S/C12H15Cl2NO2/c1-4-15(3)12(16)8(2)17-10-7-5-6-9(13)11(10)14/h5-8H,4H2,1-3H3. The second-order valence-electron chi connectivity index (χ2n) is 3.66. The van der Waals surface area contributed by atoms with Crippen molar-refractivity contribution in [2.24, 2.45) is 0 Å². The summed E-state index contributed by atoms with van der Waals surface area (Å²) in [5.74, 6) is 0.327. The van der Waals surface area contributed by atoms with E-state index in [1.54, 1.807) is 37.1 Å². The molecule has 5 heteroatoms. The van der Waals surface area contributed by atoms with E-state index in [-0.39, 0.29) is 5.91 Å². The first-order valence-electron chi connectivity index (χ1n) is 5.33. The van der Waals surface area contributed by atoms with Crippen LogP contribution in [0.4, 0.5) is 0 Å². The fourth-order valence-corrected chi connectivity index (χ4v) is 1.62. The van der Waals surface area contributed by atoms with E-state index in [1.165, 1.54) is 0 Å². The van der Waals surface area contributed by atoms with Crippen LogP contribution in [0.2, 0.25) is 10.0 Å². The first-order valence-corrected chi connectivity index (χ1v) is 6.08. The summed E-state index contributed by atoms with van der Waals surface area (Å²) < 4.78 is 5.50. The van der Waals surface area contributed by atoms with Gasteiger partial charge < -0.3 is 9.64 Å². The fourth-order valence-electron chi connectivity index (χ4n) is 1.28. The van der Waals surface area contributed by atoms with Gasteiger partial charge in [0.25, 0.3) is 5.91 Å². The normalized spacial score (nSPS) is 12.1. The van der Waals surface area contributed by atoms with Crippen LogP contribution in [0, 0.1) is 0 Å². The summed E-state index contributed by atoms with van der Waals surface area (Å²) in [6.45, 7) is 4.22. The molecule has 94 valence electrons. The van der Waals surface area contributed by atoms with Gasteiger partial charge in [-0.3, -0.25) is 4.79 Å². The molecule has 0 aliphatic rings. The Morgan fingerprint density at radius 2 is 2.12 bits per heavy atom. The van der Waals surface area contributed by atoms with Crippen LogP contribution < -0.4 is 4.74 Å². The molecule has 1 atom stereocenters. The van der Waals surface area contributed by atoms with Crippen LogP contribution in [0.5, 0.6) is 5.75 Å².